The van der Waals surface area contributed by atoms with Crippen LogP contribution in [0, 0.1) is 16.7 Å². The van der Waals surface area contributed by atoms with Gasteiger partial charge in [0.05, 0.1) is 5.41 Å². The van der Waals surface area contributed by atoms with Crippen LogP contribution >= 0.6 is 23.2 Å². The topological polar surface area (TPSA) is 113 Å². The molecule has 1 saturated carbocycles. The molecule has 0 unspecified atom stereocenters. The van der Waals surface area contributed by atoms with E-state index in [-0.39, 0.29) is 13.0 Å². The van der Waals surface area contributed by atoms with E-state index in [4.69, 9.17) is 27.9 Å². The molecule has 9 heteroatoms. The van der Waals surface area contributed by atoms with E-state index < -0.39 is 40.6 Å². The van der Waals surface area contributed by atoms with Gasteiger partial charge in [-0.1, -0.05) is 55.2 Å². The monoisotopic (exact) mass is 521 g/mol. The van der Waals surface area contributed by atoms with Gasteiger partial charge in [0.1, 0.15) is 18.4 Å². The molecule has 0 bridgehead atoms. The van der Waals surface area contributed by atoms with Gasteiger partial charge in [0.15, 0.2) is 0 Å². The number of carboxylic acid groups (broad SMARTS) is 2. The second-order valence-electron chi connectivity index (χ2n) is 9.69. The van der Waals surface area contributed by atoms with Crippen LogP contribution in [0.5, 0.6) is 5.75 Å². The fourth-order valence-corrected chi connectivity index (χ4v) is 5.10. The molecule has 0 saturated heterocycles. The minimum absolute atomic E-state index is 0.0705. The van der Waals surface area contributed by atoms with Gasteiger partial charge >= 0.3 is 11.9 Å². The maximum absolute atomic E-state index is 13.0. The lowest BCUT2D eigenvalue weighted by atomic mass is 9.65. The van der Waals surface area contributed by atoms with E-state index in [9.17, 15) is 24.6 Å². The largest absolute Gasteiger partial charge is 0.489 e. The smallest absolute Gasteiger partial charge is 0.326 e. The molecule has 3 N–H and O–H groups in total. The summed E-state index contributed by atoms with van der Waals surface area (Å²) in [5, 5.41) is 23.0. The number of ether oxygens (including phenoxy) is 1. The van der Waals surface area contributed by atoms with E-state index in [1.807, 2.05) is 0 Å². The number of hydrogen-bond donors (Lipinski definition) is 3. The molecule has 7 nitrogen and oxygen atoms in total. The predicted octanol–water partition coefficient (Wildman–Crippen LogP) is 5.21. The normalized spacial score (nSPS) is 21.8. The molecule has 0 radical (unpaired) electrons. The Morgan fingerprint density at radius 1 is 1.06 bits per heavy atom. The molecule has 0 aromatic heterocycles. The second kappa shape index (κ2) is 10.5. The van der Waals surface area contributed by atoms with Crippen molar-refractivity contribution in [3.05, 3.63) is 63.6 Å². The second-order valence-corrected chi connectivity index (χ2v) is 10.5. The third-order valence-corrected chi connectivity index (χ3v) is 8.15. The maximum atomic E-state index is 13.0. The van der Waals surface area contributed by atoms with Crippen molar-refractivity contribution in [1.82, 2.24) is 5.32 Å². The first-order chi connectivity index (χ1) is 16.4. The zero-order chi connectivity index (χ0) is 26.0. The molecule has 0 heterocycles. The summed E-state index contributed by atoms with van der Waals surface area (Å²) in [6, 6.07) is 10.9. The molecule has 1 amide bonds. The Bertz CT molecular complexity index is 1100. The van der Waals surface area contributed by atoms with Crippen molar-refractivity contribution in [3.63, 3.8) is 0 Å². The Hall–Kier alpha value is -2.77. The molecule has 0 aliphatic heterocycles. The van der Waals surface area contributed by atoms with E-state index in [0.717, 1.165) is 0 Å². The van der Waals surface area contributed by atoms with Crippen molar-refractivity contribution < 1.29 is 29.3 Å². The van der Waals surface area contributed by atoms with Gasteiger partial charge in [0.25, 0.3) is 0 Å². The first-order valence-electron chi connectivity index (χ1n) is 11.3. The molecule has 188 valence electrons. The summed E-state index contributed by atoms with van der Waals surface area (Å²) in [6.07, 6.45) is 0.808. The molecule has 2 aromatic rings. The van der Waals surface area contributed by atoms with Crippen molar-refractivity contribution in [2.24, 2.45) is 16.7 Å². The summed E-state index contributed by atoms with van der Waals surface area (Å²) in [5.41, 5.74) is -0.517. The highest BCUT2D eigenvalue weighted by molar-refractivity contribution is 6.35. The molecule has 2 aromatic carbocycles. The molecular weight excluding hydrogens is 493 g/mol. The lowest BCUT2D eigenvalue weighted by Gasteiger charge is -2.38. The summed E-state index contributed by atoms with van der Waals surface area (Å²) in [7, 11) is 0. The molecule has 35 heavy (non-hydrogen) atoms. The first kappa shape index (κ1) is 26.8. The number of rotatable bonds is 9. The van der Waals surface area contributed by atoms with Gasteiger partial charge in [0, 0.05) is 27.9 Å². The van der Waals surface area contributed by atoms with Crippen LogP contribution in [-0.2, 0) is 27.4 Å². The molecule has 1 aliphatic rings. The van der Waals surface area contributed by atoms with Crippen molar-refractivity contribution >= 4 is 41.0 Å². The Balaban J connectivity index is 1.64. The van der Waals surface area contributed by atoms with Crippen LogP contribution in [0.4, 0.5) is 0 Å². The van der Waals surface area contributed by atoms with E-state index in [2.05, 4.69) is 5.32 Å². The zero-order valence-corrected chi connectivity index (χ0v) is 21.3. The highest BCUT2D eigenvalue weighted by atomic mass is 35.5. The average molecular weight is 522 g/mol. The number of aliphatic carboxylic acids is 2. The number of carboxylic acids is 2. The molecule has 3 rings (SSSR count). The Morgan fingerprint density at radius 3 is 2.17 bits per heavy atom. The van der Waals surface area contributed by atoms with Gasteiger partial charge in [-0.15, -0.1) is 0 Å². The van der Waals surface area contributed by atoms with Crippen LogP contribution in [0.1, 0.15) is 44.7 Å². The zero-order valence-electron chi connectivity index (χ0n) is 19.8. The third kappa shape index (κ3) is 5.57. The average Bonchev–Trinajstić information content (AvgIpc) is 3.03. The molecule has 1 aliphatic carbocycles. The predicted molar refractivity (Wildman–Crippen MR) is 133 cm³/mol. The van der Waals surface area contributed by atoms with Crippen LogP contribution < -0.4 is 10.1 Å². The van der Waals surface area contributed by atoms with Crippen LogP contribution in [0.2, 0.25) is 10.0 Å². The standard InChI is InChI=1S/C26H29Cl2NO6/c1-25(2)18(11-12-26(25,3)24(33)34)22(30)29-21(23(31)32)13-15-7-9-16(10-8-15)35-14-17-19(27)5-4-6-20(17)28/h4-10,18,21H,11-14H2,1-3H3,(H,29,30)(H,31,32)(H,33,34)/t18-,21-,26+/m0/s1. The summed E-state index contributed by atoms with van der Waals surface area (Å²) < 4.78 is 5.75. The molecule has 3 atom stereocenters. The quantitative estimate of drug-likeness (QED) is 0.417. The van der Waals surface area contributed by atoms with Crippen LogP contribution in [0.25, 0.3) is 0 Å². The molecular formula is C26H29Cl2NO6. The minimum Gasteiger partial charge on any atom is -0.489 e. The van der Waals surface area contributed by atoms with E-state index in [1.54, 1.807) is 63.2 Å². The summed E-state index contributed by atoms with van der Waals surface area (Å²) >= 11 is 12.3. The van der Waals surface area contributed by atoms with E-state index in [1.165, 1.54) is 0 Å². The fraction of sp³-hybridized carbons (Fsp3) is 0.423. The lowest BCUT2D eigenvalue weighted by molar-refractivity contribution is -0.155. The van der Waals surface area contributed by atoms with Crippen molar-refractivity contribution in [2.75, 3.05) is 0 Å². The molecule has 1 fully saturated rings. The van der Waals surface area contributed by atoms with Gasteiger partial charge in [-0.05, 0) is 55.0 Å². The first-order valence-corrected chi connectivity index (χ1v) is 12.0. The highest BCUT2D eigenvalue weighted by Gasteiger charge is 2.58. The Kier molecular flexibility index (Phi) is 8.02. The third-order valence-electron chi connectivity index (χ3n) is 7.44. The van der Waals surface area contributed by atoms with Crippen LogP contribution in [0.15, 0.2) is 42.5 Å². The highest BCUT2D eigenvalue weighted by Crippen LogP contribution is 2.56. The van der Waals surface area contributed by atoms with Crippen LogP contribution in [-0.4, -0.2) is 34.1 Å². The summed E-state index contributed by atoms with van der Waals surface area (Å²) in [5.74, 6) is -2.60. The van der Waals surface area contributed by atoms with Crippen molar-refractivity contribution in [3.8, 4) is 5.75 Å². The number of carbonyl (C=O) groups excluding carboxylic acids is 1. The van der Waals surface area contributed by atoms with Gasteiger partial charge in [-0.25, -0.2) is 4.79 Å². The number of hydrogen-bond acceptors (Lipinski definition) is 4. The number of carbonyl (C=O) groups is 3. The van der Waals surface area contributed by atoms with Gasteiger partial charge < -0.3 is 20.3 Å². The summed E-state index contributed by atoms with van der Waals surface area (Å²) in [6.45, 7) is 5.32. The number of halogens is 2. The maximum Gasteiger partial charge on any atom is 0.326 e. The Labute approximate surface area is 214 Å². The van der Waals surface area contributed by atoms with Crippen molar-refractivity contribution in [1.29, 1.82) is 0 Å². The Morgan fingerprint density at radius 2 is 1.66 bits per heavy atom. The number of amides is 1. The minimum atomic E-state index is -1.16. The van der Waals surface area contributed by atoms with Crippen molar-refractivity contribution in [2.45, 2.75) is 52.7 Å². The van der Waals surface area contributed by atoms with E-state index >= 15 is 0 Å². The van der Waals surface area contributed by atoms with E-state index in [0.29, 0.717) is 39.8 Å². The summed E-state index contributed by atoms with van der Waals surface area (Å²) in [4.78, 5) is 36.7. The molecule has 0 spiro atoms. The van der Waals surface area contributed by atoms with Gasteiger partial charge in [0.2, 0.25) is 5.91 Å². The fourth-order valence-electron chi connectivity index (χ4n) is 4.60. The van der Waals surface area contributed by atoms with Gasteiger partial charge in [-0.3, -0.25) is 9.59 Å². The SMILES string of the molecule is CC1(C)[C@H](C(=O)N[C@@H](Cc2ccc(OCc3c(Cl)cccc3Cl)cc2)C(=O)O)CC[C@]1(C)C(=O)O. The lowest BCUT2D eigenvalue weighted by Crippen LogP contribution is -2.49. The van der Waals surface area contributed by atoms with Gasteiger partial charge in [-0.2, -0.15) is 0 Å². The number of benzene rings is 2. The number of nitrogens with one attached hydrogen (secondary N) is 1. The van der Waals surface area contributed by atoms with Crippen LogP contribution in [0.3, 0.4) is 0 Å².